The number of aliphatic hydroxyl groups excluding tert-OH is 1. The Bertz CT molecular complexity index is 608. The molecule has 1 fully saturated rings. The minimum atomic E-state index is 0.231. The first kappa shape index (κ1) is 15.2. The Morgan fingerprint density at radius 2 is 2.27 bits per heavy atom. The maximum Gasteiger partial charge on any atom is 0.138 e. The number of aromatic nitrogens is 3. The predicted molar refractivity (Wildman–Crippen MR) is 86.2 cm³/mol. The average Bonchev–Trinajstić information content (AvgIpc) is 3.04. The van der Waals surface area contributed by atoms with Crippen molar-refractivity contribution in [1.29, 1.82) is 0 Å². The Kier molecular flexibility index (Phi) is 4.85. The van der Waals surface area contributed by atoms with E-state index in [0.717, 1.165) is 43.4 Å². The summed E-state index contributed by atoms with van der Waals surface area (Å²) < 4.78 is 2.07. The van der Waals surface area contributed by atoms with Crippen molar-refractivity contribution in [3.63, 3.8) is 0 Å². The molecule has 1 saturated heterocycles. The summed E-state index contributed by atoms with van der Waals surface area (Å²) in [5.41, 5.74) is 1.15. The second-order valence-corrected chi connectivity index (χ2v) is 5.85. The summed E-state index contributed by atoms with van der Waals surface area (Å²) in [6, 6.07) is 6.25. The number of hydrogen-bond acceptors (Lipinski definition) is 4. The summed E-state index contributed by atoms with van der Waals surface area (Å²) in [5.74, 6) is 2.44. The third-order valence-corrected chi connectivity index (χ3v) is 4.38. The van der Waals surface area contributed by atoms with E-state index in [9.17, 15) is 0 Å². The van der Waals surface area contributed by atoms with Crippen LogP contribution in [0.15, 0.2) is 30.6 Å². The lowest BCUT2D eigenvalue weighted by atomic mass is 9.94. The lowest BCUT2D eigenvalue weighted by Gasteiger charge is -2.32. The smallest absolute Gasteiger partial charge is 0.138 e. The fraction of sp³-hybridized carbons (Fsp3) is 0.529. The second-order valence-electron chi connectivity index (χ2n) is 5.85. The van der Waals surface area contributed by atoms with Gasteiger partial charge < -0.3 is 10.0 Å². The zero-order valence-electron chi connectivity index (χ0n) is 13.1. The number of aliphatic hydroxyl groups is 1. The van der Waals surface area contributed by atoms with Gasteiger partial charge in [0.2, 0.25) is 0 Å². The summed E-state index contributed by atoms with van der Waals surface area (Å²) in [4.78, 5) is 11.6. The van der Waals surface area contributed by atoms with Crippen LogP contribution in [-0.2, 0) is 6.42 Å². The normalized spacial score (nSPS) is 19.5. The molecule has 2 aromatic heterocycles. The van der Waals surface area contributed by atoms with Crippen molar-refractivity contribution in [3.8, 4) is 5.82 Å². The van der Waals surface area contributed by atoms with Gasteiger partial charge >= 0.3 is 0 Å². The van der Waals surface area contributed by atoms with E-state index in [1.807, 2.05) is 18.5 Å². The molecular weight excluding hydrogens is 276 g/mol. The van der Waals surface area contributed by atoms with Crippen LogP contribution in [0, 0.1) is 0 Å². The van der Waals surface area contributed by atoms with Crippen LogP contribution in [0.5, 0.6) is 0 Å². The van der Waals surface area contributed by atoms with Crippen molar-refractivity contribution >= 4 is 0 Å². The van der Waals surface area contributed by atoms with Crippen molar-refractivity contribution in [2.45, 2.75) is 32.1 Å². The monoisotopic (exact) mass is 300 g/mol. The molecule has 0 saturated carbocycles. The molecule has 0 unspecified atom stereocenters. The van der Waals surface area contributed by atoms with Gasteiger partial charge in [0.1, 0.15) is 11.6 Å². The van der Waals surface area contributed by atoms with Gasteiger partial charge in [-0.3, -0.25) is 4.57 Å². The summed E-state index contributed by atoms with van der Waals surface area (Å²) in [7, 11) is 0. The standard InChI is InChI=1S/C17H24N4O/c1-2-16-18-8-10-21(16)17-7-3-6-15(19-17)14-5-4-9-20(13-14)11-12-22/h3,6-8,10,14,22H,2,4-5,9,11-13H2,1H3/t14-/m1/s1. The van der Waals surface area contributed by atoms with E-state index < -0.39 is 0 Å². The first-order chi connectivity index (χ1) is 10.8. The molecule has 0 aromatic carbocycles. The molecule has 22 heavy (non-hydrogen) atoms. The first-order valence-corrected chi connectivity index (χ1v) is 8.14. The average molecular weight is 300 g/mol. The molecule has 5 heteroatoms. The number of hydrogen-bond donors (Lipinski definition) is 1. The summed E-state index contributed by atoms with van der Waals surface area (Å²) in [5, 5.41) is 9.13. The molecule has 2 aromatic rings. The van der Waals surface area contributed by atoms with E-state index in [4.69, 9.17) is 10.1 Å². The molecule has 0 radical (unpaired) electrons. The van der Waals surface area contributed by atoms with Gasteiger partial charge in [0.15, 0.2) is 0 Å². The predicted octanol–water partition coefficient (Wildman–Crippen LogP) is 2.00. The fourth-order valence-corrected chi connectivity index (χ4v) is 3.25. The SMILES string of the molecule is CCc1nccn1-c1cccc([C@@H]2CCCN(CCO)C2)n1. The van der Waals surface area contributed by atoms with E-state index >= 15 is 0 Å². The van der Waals surface area contributed by atoms with E-state index in [0.29, 0.717) is 5.92 Å². The molecule has 0 bridgehead atoms. The Labute approximate surface area is 131 Å². The van der Waals surface area contributed by atoms with Crippen molar-refractivity contribution in [1.82, 2.24) is 19.4 Å². The van der Waals surface area contributed by atoms with Gasteiger partial charge in [0, 0.05) is 43.5 Å². The maximum absolute atomic E-state index is 9.13. The highest BCUT2D eigenvalue weighted by Gasteiger charge is 2.22. The third-order valence-electron chi connectivity index (χ3n) is 4.38. The van der Waals surface area contributed by atoms with Crippen molar-refractivity contribution < 1.29 is 5.11 Å². The zero-order chi connectivity index (χ0) is 15.4. The third kappa shape index (κ3) is 3.20. The minimum absolute atomic E-state index is 0.231. The van der Waals surface area contributed by atoms with E-state index in [1.165, 1.54) is 12.8 Å². The van der Waals surface area contributed by atoms with Crippen molar-refractivity contribution in [2.24, 2.45) is 0 Å². The quantitative estimate of drug-likeness (QED) is 0.917. The lowest BCUT2D eigenvalue weighted by molar-refractivity contribution is 0.160. The largest absolute Gasteiger partial charge is 0.395 e. The molecule has 0 amide bonds. The Balaban J connectivity index is 1.82. The number of nitrogens with zero attached hydrogens (tertiary/aromatic N) is 4. The molecule has 0 spiro atoms. The molecule has 1 aliphatic rings. The van der Waals surface area contributed by atoms with Crippen LogP contribution in [0.1, 0.15) is 37.2 Å². The Hall–Kier alpha value is -1.72. The number of aryl methyl sites for hydroxylation is 1. The number of imidazole rings is 1. The molecule has 1 N–H and O–H groups in total. The van der Waals surface area contributed by atoms with Crippen LogP contribution in [-0.4, -0.2) is 50.8 Å². The van der Waals surface area contributed by atoms with Crippen LogP contribution in [0.4, 0.5) is 0 Å². The molecule has 0 aliphatic carbocycles. The molecule has 3 heterocycles. The van der Waals surface area contributed by atoms with Crippen molar-refractivity contribution in [2.75, 3.05) is 26.2 Å². The van der Waals surface area contributed by atoms with Gasteiger partial charge in [-0.05, 0) is 31.5 Å². The van der Waals surface area contributed by atoms with Crippen LogP contribution < -0.4 is 0 Å². The fourth-order valence-electron chi connectivity index (χ4n) is 3.25. The number of likely N-dealkylation sites (tertiary alicyclic amines) is 1. The maximum atomic E-state index is 9.13. The topological polar surface area (TPSA) is 54.2 Å². The van der Waals surface area contributed by atoms with Crippen LogP contribution >= 0.6 is 0 Å². The Morgan fingerprint density at radius 1 is 1.36 bits per heavy atom. The van der Waals surface area contributed by atoms with Gasteiger partial charge in [-0.15, -0.1) is 0 Å². The highest BCUT2D eigenvalue weighted by atomic mass is 16.3. The van der Waals surface area contributed by atoms with Crippen LogP contribution in [0.3, 0.4) is 0 Å². The highest BCUT2D eigenvalue weighted by molar-refractivity contribution is 5.28. The molecule has 1 aliphatic heterocycles. The van der Waals surface area contributed by atoms with Gasteiger partial charge in [-0.25, -0.2) is 9.97 Å². The van der Waals surface area contributed by atoms with E-state index in [2.05, 4.69) is 33.5 Å². The molecule has 1 atom stereocenters. The van der Waals surface area contributed by atoms with Gasteiger partial charge in [0.05, 0.1) is 6.61 Å². The molecular formula is C17H24N4O. The molecule has 3 rings (SSSR count). The number of pyridine rings is 1. The van der Waals surface area contributed by atoms with Crippen molar-refractivity contribution in [3.05, 3.63) is 42.1 Å². The van der Waals surface area contributed by atoms with E-state index in [1.54, 1.807) is 0 Å². The molecule has 118 valence electrons. The summed E-state index contributed by atoms with van der Waals surface area (Å²) >= 11 is 0. The summed E-state index contributed by atoms with van der Waals surface area (Å²) in [6.45, 7) is 5.17. The number of β-amino-alcohol motifs (C(OH)–C–C–N with tert-alkyl or cyclic N) is 1. The summed E-state index contributed by atoms with van der Waals surface area (Å²) in [6.07, 6.45) is 7.04. The van der Waals surface area contributed by atoms with Crippen LogP contribution in [0.25, 0.3) is 5.82 Å². The van der Waals surface area contributed by atoms with E-state index in [-0.39, 0.29) is 6.61 Å². The van der Waals surface area contributed by atoms with Gasteiger partial charge in [-0.1, -0.05) is 13.0 Å². The van der Waals surface area contributed by atoms with Gasteiger partial charge in [0.25, 0.3) is 0 Å². The van der Waals surface area contributed by atoms with Crippen LogP contribution in [0.2, 0.25) is 0 Å². The Morgan fingerprint density at radius 3 is 3.09 bits per heavy atom. The lowest BCUT2D eigenvalue weighted by Crippen LogP contribution is -2.36. The molecule has 5 nitrogen and oxygen atoms in total. The number of piperidine rings is 1. The van der Waals surface area contributed by atoms with Gasteiger partial charge in [-0.2, -0.15) is 0 Å². The zero-order valence-corrected chi connectivity index (χ0v) is 13.1. The minimum Gasteiger partial charge on any atom is -0.395 e. The second kappa shape index (κ2) is 7.03. The highest BCUT2D eigenvalue weighted by Crippen LogP contribution is 2.26. The number of rotatable bonds is 5. The first-order valence-electron chi connectivity index (χ1n) is 8.14.